The first kappa shape index (κ1) is 20.5. The Hall–Kier alpha value is -1.46. The van der Waals surface area contributed by atoms with E-state index in [0.717, 1.165) is 17.9 Å². The quantitative estimate of drug-likeness (QED) is 0.682. The van der Waals surface area contributed by atoms with Gasteiger partial charge in [0.25, 0.3) is 0 Å². The molecule has 0 unspecified atom stereocenters. The standard InChI is InChI=1S/C16H26N2O3.ClH/c1-12(2)10-15(17)16(19)18-8-5-9-21-14-7-4-6-13(11-14)20-3;/h4,6-7,11-12,15H,5,8-10,17H2,1-3H3,(H,18,19);1H/t15-;/m0./s1. The van der Waals surface area contributed by atoms with Crippen molar-refractivity contribution >= 4 is 18.3 Å². The van der Waals surface area contributed by atoms with Gasteiger partial charge in [0.05, 0.1) is 19.8 Å². The number of ether oxygens (including phenoxy) is 2. The molecular formula is C16H27ClN2O3. The van der Waals surface area contributed by atoms with E-state index in [-0.39, 0.29) is 18.3 Å². The number of halogens is 1. The molecule has 0 aliphatic heterocycles. The lowest BCUT2D eigenvalue weighted by Crippen LogP contribution is -2.41. The minimum atomic E-state index is -0.427. The van der Waals surface area contributed by atoms with Gasteiger partial charge in [-0.2, -0.15) is 0 Å². The van der Waals surface area contributed by atoms with Crippen molar-refractivity contribution in [2.24, 2.45) is 11.7 Å². The maximum atomic E-state index is 11.7. The van der Waals surface area contributed by atoms with Crippen LogP contribution in [0.25, 0.3) is 0 Å². The Morgan fingerprint density at radius 3 is 2.64 bits per heavy atom. The SMILES string of the molecule is COc1cccc(OCCCNC(=O)[C@@H](N)CC(C)C)c1.Cl. The fourth-order valence-corrected chi connectivity index (χ4v) is 1.91. The Balaban J connectivity index is 0.00000441. The number of nitrogens with two attached hydrogens (primary N) is 1. The van der Waals surface area contributed by atoms with Crippen LogP contribution in [0.4, 0.5) is 0 Å². The highest BCUT2D eigenvalue weighted by molar-refractivity contribution is 5.85. The molecule has 0 fully saturated rings. The van der Waals surface area contributed by atoms with Crippen LogP contribution in [0.1, 0.15) is 26.7 Å². The van der Waals surface area contributed by atoms with Crippen LogP contribution >= 0.6 is 12.4 Å². The highest BCUT2D eigenvalue weighted by Crippen LogP contribution is 2.18. The molecule has 3 N–H and O–H groups in total. The predicted molar refractivity (Wildman–Crippen MR) is 90.8 cm³/mol. The van der Waals surface area contributed by atoms with Crippen LogP contribution in [0.3, 0.4) is 0 Å². The Kier molecular flexibility index (Phi) is 10.4. The van der Waals surface area contributed by atoms with Crippen LogP contribution in [-0.4, -0.2) is 32.2 Å². The van der Waals surface area contributed by atoms with Gasteiger partial charge < -0.3 is 20.5 Å². The molecule has 0 radical (unpaired) electrons. The fourth-order valence-electron chi connectivity index (χ4n) is 1.91. The molecule has 0 spiro atoms. The van der Waals surface area contributed by atoms with Crippen LogP contribution in [0.15, 0.2) is 24.3 Å². The summed E-state index contributed by atoms with van der Waals surface area (Å²) in [6.45, 7) is 5.20. The number of nitrogens with one attached hydrogen (secondary N) is 1. The zero-order valence-electron chi connectivity index (χ0n) is 13.5. The van der Waals surface area contributed by atoms with Gasteiger partial charge in [0.15, 0.2) is 0 Å². The van der Waals surface area contributed by atoms with E-state index in [1.807, 2.05) is 24.3 Å². The van der Waals surface area contributed by atoms with E-state index in [2.05, 4.69) is 19.2 Å². The van der Waals surface area contributed by atoms with Crippen molar-refractivity contribution in [3.63, 3.8) is 0 Å². The number of carbonyl (C=O) groups is 1. The maximum Gasteiger partial charge on any atom is 0.236 e. The van der Waals surface area contributed by atoms with Gasteiger partial charge in [0.1, 0.15) is 11.5 Å². The zero-order chi connectivity index (χ0) is 15.7. The van der Waals surface area contributed by atoms with Crippen molar-refractivity contribution in [1.82, 2.24) is 5.32 Å². The number of rotatable bonds is 9. The molecule has 5 nitrogen and oxygen atoms in total. The summed E-state index contributed by atoms with van der Waals surface area (Å²) in [7, 11) is 1.62. The number of hydrogen-bond donors (Lipinski definition) is 2. The van der Waals surface area contributed by atoms with Gasteiger partial charge in [0.2, 0.25) is 5.91 Å². The second kappa shape index (κ2) is 11.2. The third kappa shape index (κ3) is 8.10. The Bertz CT molecular complexity index is 441. The molecule has 1 amide bonds. The van der Waals surface area contributed by atoms with E-state index in [0.29, 0.717) is 25.5 Å². The molecule has 1 aromatic carbocycles. The topological polar surface area (TPSA) is 73.6 Å². The van der Waals surface area contributed by atoms with Gasteiger partial charge in [-0.15, -0.1) is 12.4 Å². The van der Waals surface area contributed by atoms with Gasteiger partial charge >= 0.3 is 0 Å². The van der Waals surface area contributed by atoms with E-state index in [4.69, 9.17) is 15.2 Å². The smallest absolute Gasteiger partial charge is 0.236 e. The minimum absolute atomic E-state index is 0. The highest BCUT2D eigenvalue weighted by atomic mass is 35.5. The van der Waals surface area contributed by atoms with E-state index in [1.54, 1.807) is 7.11 Å². The molecule has 126 valence electrons. The minimum Gasteiger partial charge on any atom is -0.497 e. The molecule has 1 aromatic rings. The highest BCUT2D eigenvalue weighted by Gasteiger charge is 2.13. The molecule has 0 aromatic heterocycles. The number of amides is 1. The number of hydrogen-bond acceptors (Lipinski definition) is 4. The third-order valence-electron chi connectivity index (χ3n) is 2.99. The first-order chi connectivity index (χ1) is 10.0. The molecule has 1 atom stereocenters. The average molecular weight is 331 g/mol. The Morgan fingerprint density at radius 2 is 2.00 bits per heavy atom. The normalized spacial score (nSPS) is 11.5. The van der Waals surface area contributed by atoms with Crippen molar-refractivity contribution in [2.45, 2.75) is 32.7 Å². The molecule has 0 heterocycles. The van der Waals surface area contributed by atoms with Gasteiger partial charge in [-0.1, -0.05) is 19.9 Å². The average Bonchev–Trinajstić information content (AvgIpc) is 2.46. The van der Waals surface area contributed by atoms with Gasteiger partial charge in [-0.3, -0.25) is 4.79 Å². The summed E-state index contributed by atoms with van der Waals surface area (Å²) in [5.41, 5.74) is 5.80. The second-order valence-electron chi connectivity index (χ2n) is 5.41. The molecule has 1 rings (SSSR count). The van der Waals surface area contributed by atoms with Crippen molar-refractivity contribution in [1.29, 1.82) is 0 Å². The first-order valence-electron chi connectivity index (χ1n) is 7.33. The van der Waals surface area contributed by atoms with Crippen molar-refractivity contribution in [3.8, 4) is 11.5 Å². The van der Waals surface area contributed by atoms with Crippen LogP contribution in [-0.2, 0) is 4.79 Å². The van der Waals surface area contributed by atoms with Gasteiger partial charge in [-0.05, 0) is 30.9 Å². The summed E-state index contributed by atoms with van der Waals surface area (Å²) < 4.78 is 10.7. The third-order valence-corrected chi connectivity index (χ3v) is 2.99. The Labute approximate surface area is 139 Å². The van der Waals surface area contributed by atoms with Crippen molar-refractivity contribution in [2.75, 3.05) is 20.3 Å². The van der Waals surface area contributed by atoms with E-state index in [1.165, 1.54) is 0 Å². The molecule has 0 bridgehead atoms. The number of methoxy groups -OCH3 is 1. The monoisotopic (exact) mass is 330 g/mol. The number of benzene rings is 1. The summed E-state index contributed by atoms with van der Waals surface area (Å²) in [6.07, 6.45) is 1.43. The predicted octanol–water partition coefficient (Wildman–Crippen LogP) is 2.38. The van der Waals surface area contributed by atoms with Crippen LogP contribution in [0.5, 0.6) is 11.5 Å². The zero-order valence-corrected chi connectivity index (χ0v) is 14.3. The lowest BCUT2D eigenvalue weighted by atomic mass is 10.0. The van der Waals surface area contributed by atoms with Crippen molar-refractivity contribution < 1.29 is 14.3 Å². The lowest BCUT2D eigenvalue weighted by Gasteiger charge is -2.14. The maximum absolute atomic E-state index is 11.7. The molecule has 6 heteroatoms. The van der Waals surface area contributed by atoms with Gasteiger partial charge in [0, 0.05) is 12.6 Å². The second-order valence-corrected chi connectivity index (χ2v) is 5.41. The van der Waals surface area contributed by atoms with E-state index >= 15 is 0 Å². The molecule has 0 saturated carbocycles. The first-order valence-corrected chi connectivity index (χ1v) is 7.33. The molecular weight excluding hydrogens is 304 g/mol. The molecule has 22 heavy (non-hydrogen) atoms. The molecule has 0 aliphatic carbocycles. The summed E-state index contributed by atoms with van der Waals surface area (Å²) in [5, 5.41) is 2.83. The van der Waals surface area contributed by atoms with E-state index in [9.17, 15) is 4.79 Å². The lowest BCUT2D eigenvalue weighted by molar-refractivity contribution is -0.122. The largest absolute Gasteiger partial charge is 0.497 e. The fraction of sp³-hybridized carbons (Fsp3) is 0.562. The Morgan fingerprint density at radius 1 is 1.32 bits per heavy atom. The van der Waals surface area contributed by atoms with Crippen LogP contribution in [0, 0.1) is 5.92 Å². The van der Waals surface area contributed by atoms with Gasteiger partial charge in [-0.25, -0.2) is 0 Å². The van der Waals surface area contributed by atoms with E-state index < -0.39 is 6.04 Å². The molecule has 0 saturated heterocycles. The van der Waals surface area contributed by atoms with Crippen molar-refractivity contribution in [3.05, 3.63) is 24.3 Å². The summed E-state index contributed by atoms with van der Waals surface area (Å²) in [4.78, 5) is 11.7. The number of carbonyl (C=O) groups excluding carboxylic acids is 1. The summed E-state index contributed by atoms with van der Waals surface area (Å²) in [6, 6.07) is 7.02. The molecule has 0 aliphatic rings. The van der Waals surface area contributed by atoms with Crippen LogP contribution in [0.2, 0.25) is 0 Å². The summed E-state index contributed by atoms with van der Waals surface area (Å²) >= 11 is 0. The summed E-state index contributed by atoms with van der Waals surface area (Å²) in [5.74, 6) is 1.85. The van der Waals surface area contributed by atoms with Crippen LogP contribution < -0.4 is 20.5 Å².